The number of hydrogen-bond donors (Lipinski definition) is 2. The molecule has 0 atom stereocenters. The van der Waals surface area contributed by atoms with Crippen LogP contribution in [0, 0.1) is 5.41 Å². The van der Waals surface area contributed by atoms with Crippen molar-refractivity contribution in [3.8, 4) is 0 Å². The van der Waals surface area contributed by atoms with Crippen LogP contribution in [-0.4, -0.2) is 28.3 Å². The van der Waals surface area contributed by atoms with Crippen molar-refractivity contribution >= 4 is 39.6 Å². The highest BCUT2D eigenvalue weighted by atomic mass is 79.9. The number of halogens is 1. The summed E-state index contributed by atoms with van der Waals surface area (Å²) in [5, 5.41) is 12.1. The summed E-state index contributed by atoms with van der Waals surface area (Å²) >= 11 is 4.77. The molecule has 0 unspecified atom stereocenters. The third kappa shape index (κ3) is 4.74. The summed E-state index contributed by atoms with van der Waals surface area (Å²) in [5.41, 5.74) is -1.89. The van der Waals surface area contributed by atoms with E-state index < -0.39 is 16.9 Å². The van der Waals surface area contributed by atoms with Crippen LogP contribution in [0.1, 0.15) is 27.7 Å². The summed E-state index contributed by atoms with van der Waals surface area (Å²) in [6.07, 6.45) is 0. The highest BCUT2D eigenvalue weighted by Crippen LogP contribution is 2.31. The van der Waals surface area contributed by atoms with Crippen molar-refractivity contribution in [1.29, 1.82) is 0 Å². The summed E-state index contributed by atoms with van der Waals surface area (Å²) in [7, 11) is 0. The minimum absolute atomic E-state index is 0.178. The van der Waals surface area contributed by atoms with Crippen LogP contribution in [0.5, 0.6) is 0 Å². The number of carbonyl (C=O) groups excluding carboxylic acids is 1. The average molecular weight is 374 g/mol. The monoisotopic (exact) mass is 373 g/mol. The molecule has 21 heavy (non-hydrogen) atoms. The zero-order chi connectivity index (χ0) is 16.3. The molecule has 0 saturated heterocycles. The summed E-state index contributed by atoms with van der Waals surface area (Å²) in [5.74, 6) is -0.864. The van der Waals surface area contributed by atoms with Gasteiger partial charge in [-0.25, -0.2) is 0 Å². The number of amides is 1. The summed E-state index contributed by atoms with van der Waals surface area (Å²) in [4.78, 5) is 24.3. The second-order valence-corrected chi connectivity index (χ2v) is 7.81. The Bertz CT molecular complexity index is 526. The molecule has 0 saturated carbocycles. The Morgan fingerprint density at radius 3 is 2.19 bits per heavy atom. The molecule has 0 aliphatic carbocycles. The lowest BCUT2D eigenvalue weighted by Gasteiger charge is -2.38. The maximum Gasteiger partial charge on any atom is 0.311 e. The number of carboxylic acids is 1. The van der Waals surface area contributed by atoms with Crippen LogP contribution < -0.4 is 5.32 Å². The molecule has 0 aliphatic rings. The van der Waals surface area contributed by atoms with Crippen LogP contribution >= 0.6 is 27.7 Å². The van der Waals surface area contributed by atoms with Crippen LogP contribution in [0.3, 0.4) is 0 Å². The van der Waals surface area contributed by atoms with Crippen molar-refractivity contribution in [2.45, 2.75) is 38.1 Å². The van der Waals surface area contributed by atoms with Crippen molar-refractivity contribution in [3.63, 3.8) is 0 Å². The quantitative estimate of drug-likeness (QED) is 0.748. The Morgan fingerprint density at radius 2 is 1.71 bits per heavy atom. The Kier molecular flexibility index (Phi) is 5.87. The number of thioether (sulfide) groups is 1. The van der Waals surface area contributed by atoms with Crippen LogP contribution in [0.4, 0.5) is 0 Å². The van der Waals surface area contributed by atoms with Gasteiger partial charge in [0.2, 0.25) is 5.91 Å². The number of hydrogen-bond acceptors (Lipinski definition) is 3. The number of nitrogens with one attached hydrogen (secondary N) is 1. The second kappa shape index (κ2) is 6.83. The molecule has 4 nitrogen and oxygen atoms in total. The van der Waals surface area contributed by atoms with E-state index in [1.54, 1.807) is 27.7 Å². The van der Waals surface area contributed by atoms with Gasteiger partial charge in [0, 0.05) is 14.9 Å². The second-order valence-electron chi connectivity index (χ2n) is 5.85. The maximum absolute atomic E-state index is 12.0. The van der Waals surface area contributed by atoms with Crippen molar-refractivity contribution in [2.75, 3.05) is 5.75 Å². The SMILES string of the molecule is CC(C)(NC(=O)CSc1ccc(Br)cc1)C(C)(C)C(=O)O. The third-order valence-electron chi connectivity index (χ3n) is 3.73. The smallest absolute Gasteiger partial charge is 0.311 e. The van der Waals surface area contributed by atoms with Crippen LogP contribution in [0.15, 0.2) is 33.6 Å². The Morgan fingerprint density at radius 1 is 1.19 bits per heavy atom. The van der Waals surface area contributed by atoms with Gasteiger partial charge in [-0.15, -0.1) is 11.8 Å². The van der Waals surface area contributed by atoms with Crippen molar-refractivity contribution < 1.29 is 14.7 Å². The number of aliphatic carboxylic acids is 1. The zero-order valence-corrected chi connectivity index (χ0v) is 15.0. The molecule has 0 aliphatic heterocycles. The largest absolute Gasteiger partial charge is 0.481 e. The van der Waals surface area contributed by atoms with E-state index in [1.165, 1.54) is 11.8 Å². The fraction of sp³-hybridized carbons (Fsp3) is 0.467. The minimum atomic E-state index is -1.05. The van der Waals surface area contributed by atoms with Gasteiger partial charge >= 0.3 is 5.97 Å². The number of benzene rings is 1. The molecule has 1 rings (SSSR count). The molecule has 0 fully saturated rings. The number of carboxylic acid groups (broad SMARTS) is 1. The summed E-state index contributed by atoms with van der Waals surface area (Å²) in [6, 6.07) is 7.68. The van der Waals surface area contributed by atoms with Gasteiger partial charge in [0.05, 0.1) is 11.2 Å². The van der Waals surface area contributed by atoms with E-state index in [1.807, 2.05) is 24.3 Å². The van der Waals surface area contributed by atoms with Gasteiger partial charge in [0.15, 0.2) is 0 Å². The van der Waals surface area contributed by atoms with Crippen molar-refractivity contribution in [1.82, 2.24) is 5.32 Å². The first kappa shape index (κ1) is 18.0. The topological polar surface area (TPSA) is 66.4 Å². The Hall–Kier alpha value is -1.01. The molecular formula is C15H20BrNO3S. The van der Waals surface area contributed by atoms with Gasteiger partial charge in [0.1, 0.15) is 0 Å². The molecule has 2 N–H and O–H groups in total. The fourth-order valence-electron chi connectivity index (χ4n) is 1.49. The van der Waals surface area contributed by atoms with Gasteiger partial charge in [-0.3, -0.25) is 9.59 Å². The van der Waals surface area contributed by atoms with Crippen molar-refractivity contribution in [3.05, 3.63) is 28.7 Å². The zero-order valence-electron chi connectivity index (χ0n) is 12.6. The van der Waals surface area contributed by atoms with E-state index in [9.17, 15) is 14.7 Å². The highest BCUT2D eigenvalue weighted by molar-refractivity contribution is 9.10. The van der Waals surface area contributed by atoms with E-state index in [4.69, 9.17) is 0 Å². The molecule has 0 spiro atoms. The molecule has 0 radical (unpaired) electrons. The van der Waals surface area contributed by atoms with Gasteiger partial charge in [-0.2, -0.15) is 0 Å². The summed E-state index contributed by atoms with van der Waals surface area (Å²) in [6.45, 7) is 6.67. The maximum atomic E-state index is 12.0. The molecule has 0 bridgehead atoms. The molecule has 0 heterocycles. The highest BCUT2D eigenvalue weighted by Gasteiger charge is 2.44. The molecule has 1 aromatic rings. The molecule has 1 amide bonds. The molecule has 0 aromatic heterocycles. The van der Waals surface area contributed by atoms with Gasteiger partial charge < -0.3 is 10.4 Å². The first-order valence-electron chi connectivity index (χ1n) is 6.49. The van der Waals surface area contributed by atoms with E-state index in [-0.39, 0.29) is 11.7 Å². The van der Waals surface area contributed by atoms with Gasteiger partial charge in [-0.05, 0) is 52.0 Å². The Labute approximate surface area is 137 Å². The number of rotatable bonds is 6. The molecule has 1 aromatic carbocycles. The molecule has 116 valence electrons. The van der Waals surface area contributed by atoms with Crippen molar-refractivity contribution in [2.24, 2.45) is 5.41 Å². The van der Waals surface area contributed by atoms with Gasteiger partial charge in [-0.1, -0.05) is 15.9 Å². The lowest BCUT2D eigenvalue weighted by molar-refractivity contribution is -0.151. The van der Waals surface area contributed by atoms with E-state index >= 15 is 0 Å². The average Bonchev–Trinajstić information content (AvgIpc) is 2.37. The van der Waals surface area contributed by atoms with Crippen LogP contribution in [-0.2, 0) is 9.59 Å². The van der Waals surface area contributed by atoms with Crippen LogP contribution in [0.2, 0.25) is 0 Å². The van der Waals surface area contributed by atoms with E-state index in [0.29, 0.717) is 0 Å². The molecular weight excluding hydrogens is 354 g/mol. The predicted molar refractivity (Wildman–Crippen MR) is 88.5 cm³/mol. The van der Waals surface area contributed by atoms with E-state index in [2.05, 4.69) is 21.2 Å². The predicted octanol–water partition coefficient (Wildman–Crippen LogP) is 3.55. The number of carbonyl (C=O) groups is 2. The van der Waals surface area contributed by atoms with Crippen LogP contribution in [0.25, 0.3) is 0 Å². The van der Waals surface area contributed by atoms with E-state index in [0.717, 1.165) is 9.37 Å². The lowest BCUT2D eigenvalue weighted by Crippen LogP contribution is -2.57. The summed E-state index contributed by atoms with van der Waals surface area (Å²) < 4.78 is 0.987. The minimum Gasteiger partial charge on any atom is -0.481 e. The lowest BCUT2D eigenvalue weighted by atomic mass is 9.74. The first-order chi connectivity index (χ1) is 9.56. The van der Waals surface area contributed by atoms with Gasteiger partial charge in [0.25, 0.3) is 0 Å². The molecule has 6 heteroatoms. The Balaban J connectivity index is 2.61. The third-order valence-corrected chi connectivity index (χ3v) is 5.27. The first-order valence-corrected chi connectivity index (χ1v) is 8.27. The standard InChI is InChI=1S/C15H20BrNO3S/c1-14(2,13(19)20)15(3,4)17-12(18)9-21-11-7-5-10(16)6-8-11/h5-8H,9H2,1-4H3,(H,17,18)(H,19,20). The normalized spacial score (nSPS) is 12.0. The fourth-order valence-corrected chi connectivity index (χ4v) is 2.45.